The Morgan fingerprint density at radius 1 is 1.22 bits per heavy atom. The van der Waals surface area contributed by atoms with Crippen molar-refractivity contribution in [2.24, 2.45) is 7.05 Å². The Bertz CT molecular complexity index is 704. The Kier molecular flexibility index (Phi) is 5.08. The van der Waals surface area contributed by atoms with Gasteiger partial charge < -0.3 is 10.1 Å². The van der Waals surface area contributed by atoms with Gasteiger partial charge in [0.2, 0.25) is 0 Å². The first kappa shape index (κ1) is 17.1. The van der Waals surface area contributed by atoms with Gasteiger partial charge in [-0.15, -0.1) is 0 Å². The second kappa shape index (κ2) is 6.86. The van der Waals surface area contributed by atoms with Crippen LogP contribution in [0.5, 0.6) is 5.75 Å². The lowest BCUT2D eigenvalue weighted by molar-refractivity contribution is 0.0934. The van der Waals surface area contributed by atoms with E-state index in [1.54, 1.807) is 6.07 Å². The summed E-state index contributed by atoms with van der Waals surface area (Å²) < 4.78 is 7.56. The molecular weight excluding hydrogens is 290 g/mol. The van der Waals surface area contributed by atoms with E-state index in [9.17, 15) is 4.79 Å². The van der Waals surface area contributed by atoms with Crippen LogP contribution in [0.4, 0.5) is 0 Å². The average molecular weight is 315 g/mol. The number of hydrogen-bond acceptors (Lipinski definition) is 3. The molecule has 0 aliphatic heterocycles. The van der Waals surface area contributed by atoms with Crippen molar-refractivity contribution in [3.8, 4) is 5.75 Å². The molecule has 1 atom stereocenters. The largest absolute Gasteiger partial charge is 0.490 e. The number of benzene rings is 1. The van der Waals surface area contributed by atoms with Crippen LogP contribution >= 0.6 is 0 Å². The number of carbonyl (C=O) groups excluding carboxylic acids is 1. The van der Waals surface area contributed by atoms with E-state index in [1.807, 2.05) is 64.5 Å². The Balaban J connectivity index is 2.22. The molecule has 0 fully saturated rings. The summed E-state index contributed by atoms with van der Waals surface area (Å²) in [6.07, 6.45) is 0.0178. The topological polar surface area (TPSA) is 56.2 Å². The number of aromatic nitrogens is 2. The molecule has 0 spiro atoms. The van der Waals surface area contributed by atoms with Gasteiger partial charge in [-0.1, -0.05) is 12.1 Å². The molecule has 1 aromatic carbocycles. The van der Waals surface area contributed by atoms with Crippen LogP contribution in [0.2, 0.25) is 0 Å². The molecule has 5 heteroatoms. The van der Waals surface area contributed by atoms with Crippen molar-refractivity contribution >= 4 is 5.91 Å². The standard InChI is InChI=1S/C18H25N3O2/c1-11(2)23-16-10-8-7-9-15(16)18(22)19-12(3)17-13(4)20-21(6)14(17)5/h7-12H,1-6H3,(H,19,22). The summed E-state index contributed by atoms with van der Waals surface area (Å²) in [5.41, 5.74) is 3.60. The lowest BCUT2D eigenvalue weighted by Crippen LogP contribution is -2.28. The fourth-order valence-electron chi connectivity index (χ4n) is 2.77. The van der Waals surface area contributed by atoms with Crippen LogP contribution in [0.3, 0.4) is 0 Å². The highest BCUT2D eigenvalue weighted by atomic mass is 16.5. The van der Waals surface area contributed by atoms with Gasteiger partial charge in [0.25, 0.3) is 5.91 Å². The monoisotopic (exact) mass is 315 g/mol. The first-order chi connectivity index (χ1) is 10.8. The second-order valence-corrected chi connectivity index (χ2v) is 6.07. The second-order valence-electron chi connectivity index (χ2n) is 6.07. The zero-order valence-corrected chi connectivity index (χ0v) is 14.7. The van der Waals surface area contributed by atoms with Crippen molar-refractivity contribution in [2.75, 3.05) is 0 Å². The molecule has 124 valence electrons. The van der Waals surface area contributed by atoms with Crippen LogP contribution in [0.25, 0.3) is 0 Å². The fourth-order valence-corrected chi connectivity index (χ4v) is 2.77. The van der Waals surface area contributed by atoms with Crippen LogP contribution in [0.1, 0.15) is 54.1 Å². The van der Waals surface area contributed by atoms with E-state index in [1.165, 1.54) is 0 Å². The van der Waals surface area contributed by atoms with Crippen molar-refractivity contribution < 1.29 is 9.53 Å². The molecule has 1 amide bonds. The van der Waals surface area contributed by atoms with Gasteiger partial charge in [-0.2, -0.15) is 5.10 Å². The number of para-hydroxylation sites is 1. The highest BCUT2D eigenvalue weighted by Gasteiger charge is 2.20. The summed E-state index contributed by atoms with van der Waals surface area (Å²) in [6.45, 7) is 9.83. The van der Waals surface area contributed by atoms with E-state index in [-0.39, 0.29) is 18.1 Å². The minimum absolute atomic E-state index is 0.0178. The van der Waals surface area contributed by atoms with Gasteiger partial charge >= 0.3 is 0 Å². The summed E-state index contributed by atoms with van der Waals surface area (Å²) in [6, 6.07) is 7.19. The zero-order chi connectivity index (χ0) is 17.1. The third-order valence-electron chi connectivity index (χ3n) is 3.84. The number of nitrogens with zero attached hydrogens (tertiary/aromatic N) is 2. The molecule has 1 heterocycles. The van der Waals surface area contributed by atoms with Gasteiger partial charge in [0.1, 0.15) is 5.75 Å². The minimum atomic E-state index is -0.142. The fraction of sp³-hybridized carbons (Fsp3) is 0.444. The van der Waals surface area contributed by atoms with E-state index in [2.05, 4.69) is 10.4 Å². The van der Waals surface area contributed by atoms with Crippen molar-refractivity contribution in [3.05, 3.63) is 46.8 Å². The van der Waals surface area contributed by atoms with E-state index in [4.69, 9.17) is 4.74 Å². The van der Waals surface area contributed by atoms with Gasteiger partial charge in [0, 0.05) is 18.3 Å². The summed E-state index contributed by atoms with van der Waals surface area (Å²) in [4.78, 5) is 12.6. The van der Waals surface area contributed by atoms with Crippen LogP contribution in [-0.2, 0) is 7.05 Å². The highest BCUT2D eigenvalue weighted by Crippen LogP contribution is 2.23. The molecule has 0 bridgehead atoms. The molecule has 1 aromatic heterocycles. The Morgan fingerprint density at radius 3 is 2.43 bits per heavy atom. The van der Waals surface area contributed by atoms with Crippen LogP contribution in [0.15, 0.2) is 24.3 Å². The molecule has 0 aliphatic carbocycles. The number of amides is 1. The maximum atomic E-state index is 12.6. The summed E-state index contributed by atoms with van der Waals surface area (Å²) in [7, 11) is 1.91. The molecular formula is C18H25N3O2. The number of rotatable bonds is 5. The number of hydrogen-bond donors (Lipinski definition) is 1. The highest BCUT2D eigenvalue weighted by molar-refractivity contribution is 5.97. The molecule has 0 aliphatic rings. The summed E-state index contributed by atoms with van der Waals surface area (Å²) >= 11 is 0. The molecule has 2 rings (SSSR count). The van der Waals surface area contributed by atoms with Crippen LogP contribution in [-0.4, -0.2) is 21.8 Å². The first-order valence-corrected chi connectivity index (χ1v) is 7.88. The van der Waals surface area contributed by atoms with Crippen LogP contribution in [0, 0.1) is 13.8 Å². The summed E-state index contributed by atoms with van der Waals surface area (Å²) in [5, 5.41) is 7.46. The van der Waals surface area contributed by atoms with E-state index in [0.29, 0.717) is 11.3 Å². The number of nitrogens with one attached hydrogen (secondary N) is 1. The Morgan fingerprint density at radius 2 is 1.87 bits per heavy atom. The van der Waals surface area contributed by atoms with Gasteiger partial charge in [0.15, 0.2) is 0 Å². The summed E-state index contributed by atoms with van der Waals surface area (Å²) in [5.74, 6) is 0.461. The molecule has 23 heavy (non-hydrogen) atoms. The quantitative estimate of drug-likeness (QED) is 0.921. The number of ether oxygens (including phenoxy) is 1. The molecule has 0 radical (unpaired) electrons. The first-order valence-electron chi connectivity index (χ1n) is 7.88. The Hall–Kier alpha value is -2.30. The predicted octanol–water partition coefficient (Wildman–Crippen LogP) is 3.32. The van der Waals surface area contributed by atoms with E-state index in [0.717, 1.165) is 17.0 Å². The van der Waals surface area contributed by atoms with Crippen molar-refractivity contribution in [1.82, 2.24) is 15.1 Å². The van der Waals surface area contributed by atoms with Crippen LogP contribution < -0.4 is 10.1 Å². The molecule has 1 N–H and O–H groups in total. The minimum Gasteiger partial charge on any atom is -0.490 e. The molecule has 2 aromatic rings. The predicted molar refractivity (Wildman–Crippen MR) is 90.8 cm³/mol. The average Bonchev–Trinajstić information content (AvgIpc) is 2.71. The third kappa shape index (κ3) is 3.73. The van der Waals surface area contributed by atoms with Gasteiger partial charge in [0.05, 0.1) is 23.4 Å². The maximum absolute atomic E-state index is 12.6. The van der Waals surface area contributed by atoms with Crippen molar-refractivity contribution in [1.29, 1.82) is 0 Å². The van der Waals surface area contributed by atoms with Gasteiger partial charge in [-0.05, 0) is 46.8 Å². The molecule has 0 saturated heterocycles. The molecule has 1 unspecified atom stereocenters. The normalized spacial score (nSPS) is 12.3. The number of aryl methyl sites for hydroxylation is 2. The van der Waals surface area contributed by atoms with E-state index < -0.39 is 0 Å². The SMILES string of the molecule is Cc1nn(C)c(C)c1C(C)NC(=O)c1ccccc1OC(C)C. The Labute approximate surface area is 137 Å². The lowest BCUT2D eigenvalue weighted by atomic mass is 10.1. The third-order valence-corrected chi connectivity index (χ3v) is 3.84. The number of carbonyl (C=O) groups is 1. The lowest BCUT2D eigenvalue weighted by Gasteiger charge is -2.17. The maximum Gasteiger partial charge on any atom is 0.255 e. The smallest absolute Gasteiger partial charge is 0.255 e. The van der Waals surface area contributed by atoms with Gasteiger partial charge in [-0.25, -0.2) is 0 Å². The van der Waals surface area contributed by atoms with E-state index >= 15 is 0 Å². The van der Waals surface area contributed by atoms with Crippen molar-refractivity contribution in [3.63, 3.8) is 0 Å². The van der Waals surface area contributed by atoms with Crippen molar-refractivity contribution in [2.45, 2.75) is 46.8 Å². The van der Waals surface area contributed by atoms with Gasteiger partial charge in [-0.3, -0.25) is 9.48 Å². The molecule has 0 saturated carbocycles. The zero-order valence-electron chi connectivity index (χ0n) is 14.7. The molecule has 5 nitrogen and oxygen atoms in total.